The van der Waals surface area contributed by atoms with Gasteiger partial charge in [0, 0.05) is 28.8 Å². The molecule has 0 bridgehead atoms. The first-order chi connectivity index (χ1) is 13.1. The Morgan fingerprint density at radius 3 is 2.48 bits per heavy atom. The molecule has 1 aromatic heterocycles. The van der Waals surface area contributed by atoms with Crippen LogP contribution in [0.2, 0.25) is 0 Å². The number of fused-ring (bicyclic) bond motifs is 2. The SMILES string of the molecule is CCNc1ccc(Br)cc1-c1nc2cc3ccccc3cc2n(CC)c1=O. The first kappa shape index (κ1) is 17.7. The van der Waals surface area contributed by atoms with Gasteiger partial charge in [0.05, 0.1) is 11.0 Å². The van der Waals surface area contributed by atoms with Gasteiger partial charge in [0.1, 0.15) is 5.69 Å². The molecule has 4 aromatic rings. The number of hydrogen-bond donors (Lipinski definition) is 1. The van der Waals surface area contributed by atoms with Crippen LogP contribution in [0.15, 0.2) is 63.9 Å². The number of anilines is 1. The van der Waals surface area contributed by atoms with Gasteiger partial charge in [-0.25, -0.2) is 4.98 Å². The highest BCUT2D eigenvalue weighted by molar-refractivity contribution is 9.10. The molecule has 4 nitrogen and oxygen atoms in total. The molecule has 0 saturated carbocycles. The lowest BCUT2D eigenvalue weighted by molar-refractivity contribution is 0.756. The fourth-order valence-corrected chi connectivity index (χ4v) is 3.83. The molecule has 0 aliphatic rings. The van der Waals surface area contributed by atoms with Crippen molar-refractivity contribution in [3.8, 4) is 11.3 Å². The zero-order chi connectivity index (χ0) is 19.0. The second-order valence-corrected chi connectivity index (χ2v) is 7.33. The third kappa shape index (κ3) is 3.12. The quantitative estimate of drug-likeness (QED) is 0.446. The first-order valence-electron chi connectivity index (χ1n) is 9.09. The summed E-state index contributed by atoms with van der Waals surface area (Å²) in [5.74, 6) is 0. The van der Waals surface area contributed by atoms with E-state index < -0.39 is 0 Å². The number of aryl methyl sites for hydroxylation is 1. The van der Waals surface area contributed by atoms with Crippen LogP contribution in [-0.2, 0) is 6.54 Å². The third-order valence-electron chi connectivity index (χ3n) is 4.73. The van der Waals surface area contributed by atoms with Crippen LogP contribution in [-0.4, -0.2) is 16.1 Å². The van der Waals surface area contributed by atoms with Crippen molar-refractivity contribution in [2.75, 3.05) is 11.9 Å². The van der Waals surface area contributed by atoms with Crippen LogP contribution in [0.25, 0.3) is 33.1 Å². The molecule has 4 rings (SSSR count). The molecule has 0 fully saturated rings. The van der Waals surface area contributed by atoms with Gasteiger partial charge in [-0.1, -0.05) is 40.2 Å². The van der Waals surface area contributed by atoms with E-state index in [-0.39, 0.29) is 5.56 Å². The maximum Gasteiger partial charge on any atom is 0.277 e. The third-order valence-corrected chi connectivity index (χ3v) is 5.23. The molecule has 0 aliphatic heterocycles. The number of benzene rings is 3. The fourth-order valence-electron chi connectivity index (χ4n) is 3.47. The van der Waals surface area contributed by atoms with Gasteiger partial charge in [0.15, 0.2) is 0 Å². The Morgan fingerprint density at radius 2 is 1.78 bits per heavy atom. The van der Waals surface area contributed by atoms with Crippen molar-refractivity contribution in [2.24, 2.45) is 0 Å². The van der Waals surface area contributed by atoms with E-state index in [4.69, 9.17) is 4.98 Å². The first-order valence-corrected chi connectivity index (χ1v) is 9.88. The molecule has 1 heterocycles. The zero-order valence-corrected chi connectivity index (χ0v) is 16.9. The van der Waals surface area contributed by atoms with E-state index in [2.05, 4.69) is 45.5 Å². The minimum atomic E-state index is -0.0717. The molecule has 5 heteroatoms. The van der Waals surface area contributed by atoms with Gasteiger partial charge in [-0.15, -0.1) is 0 Å². The highest BCUT2D eigenvalue weighted by atomic mass is 79.9. The second-order valence-electron chi connectivity index (χ2n) is 6.42. The number of nitrogens with one attached hydrogen (secondary N) is 1. The Balaban J connectivity index is 2.08. The largest absolute Gasteiger partial charge is 0.385 e. The van der Waals surface area contributed by atoms with Gasteiger partial charge in [-0.05, 0) is 55.0 Å². The van der Waals surface area contributed by atoms with Gasteiger partial charge in [-0.2, -0.15) is 0 Å². The van der Waals surface area contributed by atoms with Crippen LogP contribution < -0.4 is 10.9 Å². The number of nitrogens with zero attached hydrogens (tertiary/aromatic N) is 2. The Labute approximate surface area is 166 Å². The fraction of sp³-hybridized carbons (Fsp3) is 0.182. The average molecular weight is 422 g/mol. The maximum atomic E-state index is 13.3. The van der Waals surface area contributed by atoms with E-state index in [9.17, 15) is 4.79 Å². The topological polar surface area (TPSA) is 46.9 Å². The lowest BCUT2D eigenvalue weighted by Crippen LogP contribution is -2.23. The lowest BCUT2D eigenvalue weighted by atomic mass is 10.1. The molecule has 0 amide bonds. The normalized spacial score (nSPS) is 11.2. The van der Waals surface area contributed by atoms with Crippen molar-refractivity contribution in [1.29, 1.82) is 0 Å². The predicted molar refractivity (Wildman–Crippen MR) is 116 cm³/mol. The summed E-state index contributed by atoms with van der Waals surface area (Å²) in [6.07, 6.45) is 0. The van der Waals surface area contributed by atoms with Crippen molar-refractivity contribution in [3.05, 3.63) is 69.4 Å². The van der Waals surface area contributed by atoms with E-state index in [0.717, 1.165) is 44.1 Å². The Bertz CT molecular complexity index is 1210. The number of rotatable bonds is 4. The number of hydrogen-bond acceptors (Lipinski definition) is 3. The smallest absolute Gasteiger partial charge is 0.277 e. The molecule has 0 spiro atoms. The highest BCUT2D eigenvalue weighted by Gasteiger charge is 2.16. The summed E-state index contributed by atoms with van der Waals surface area (Å²) < 4.78 is 2.72. The number of aromatic nitrogens is 2. The molecule has 0 unspecified atom stereocenters. The summed E-state index contributed by atoms with van der Waals surface area (Å²) in [5.41, 5.74) is 3.81. The Kier molecular flexibility index (Phi) is 4.70. The molecule has 0 aliphatic carbocycles. The molecule has 1 N–H and O–H groups in total. The van der Waals surface area contributed by atoms with Crippen molar-refractivity contribution in [1.82, 2.24) is 9.55 Å². The summed E-state index contributed by atoms with van der Waals surface area (Å²) in [4.78, 5) is 18.1. The molecular formula is C22H20BrN3O. The molecule has 0 saturated heterocycles. The van der Waals surface area contributed by atoms with Gasteiger partial charge in [0.2, 0.25) is 0 Å². The van der Waals surface area contributed by atoms with E-state index in [1.165, 1.54) is 0 Å². The van der Waals surface area contributed by atoms with E-state index in [1.54, 1.807) is 4.57 Å². The van der Waals surface area contributed by atoms with Crippen LogP contribution in [0.3, 0.4) is 0 Å². The van der Waals surface area contributed by atoms with E-state index >= 15 is 0 Å². The van der Waals surface area contributed by atoms with Gasteiger partial charge >= 0.3 is 0 Å². The van der Waals surface area contributed by atoms with Crippen molar-refractivity contribution in [3.63, 3.8) is 0 Å². The zero-order valence-electron chi connectivity index (χ0n) is 15.3. The lowest BCUT2D eigenvalue weighted by Gasteiger charge is -2.15. The Hall–Kier alpha value is -2.66. The summed E-state index contributed by atoms with van der Waals surface area (Å²) >= 11 is 3.52. The van der Waals surface area contributed by atoms with Crippen LogP contribution >= 0.6 is 15.9 Å². The molecule has 0 atom stereocenters. The minimum absolute atomic E-state index is 0.0717. The van der Waals surface area contributed by atoms with Crippen molar-refractivity contribution in [2.45, 2.75) is 20.4 Å². The maximum absolute atomic E-state index is 13.3. The van der Waals surface area contributed by atoms with Crippen LogP contribution in [0, 0.1) is 0 Å². The van der Waals surface area contributed by atoms with Crippen molar-refractivity contribution < 1.29 is 0 Å². The molecular weight excluding hydrogens is 402 g/mol. The monoisotopic (exact) mass is 421 g/mol. The minimum Gasteiger partial charge on any atom is -0.385 e. The Morgan fingerprint density at radius 1 is 1.04 bits per heavy atom. The summed E-state index contributed by atoms with van der Waals surface area (Å²) in [5, 5.41) is 5.56. The van der Waals surface area contributed by atoms with Crippen LogP contribution in [0.4, 0.5) is 5.69 Å². The molecule has 136 valence electrons. The summed E-state index contributed by atoms with van der Waals surface area (Å²) in [6.45, 7) is 5.39. The van der Waals surface area contributed by atoms with Crippen molar-refractivity contribution >= 4 is 43.4 Å². The highest BCUT2D eigenvalue weighted by Crippen LogP contribution is 2.30. The van der Waals surface area contributed by atoms with Crippen LogP contribution in [0.5, 0.6) is 0 Å². The molecule has 0 radical (unpaired) electrons. The molecule has 3 aromatic carbocycles. The standard InChI is InChI=1S/C22H20BrN3O/c1-3-24-18-10-9-16(23)13-17(18)21-22(27)26(4-2)20-12-15-8-6-5-7-14(15)11-19(20)25-21/h5-13,24H,3-4H2,1-2H3. The van der Waals surface area contributed by atoms with Gasteiger partial charge in [0.25, 0.3) is 5.56 Å². The molecule has 27 heavy (non-hydrogen) atoms. The predicted octanol–water partition coefficient (Wildman–Crippen LogP) is 5.43. The van der Waals surface area contributed by atoms with Gasteiger partial charge < -0.3 is 9.88 Å². The van der Waals surface area contributed by atoms with Gasteiger partial charge in [-0.3, -0.25) is 4.79 Å². The van der Waals surface area contributed by atoms with E-state index in [1.807, 2.05) is 44.2 Å². The number of halogens is 1. The second kappa shape index (κ2) is 7.16. The average Bonchev–Trinajstić information content (AvgIpc) is 2.68. The van der Waals surface area contributed by atoms with Crippen LogP contribution in [0.1, 0.15) is 13.8 Å². The summed E-state index contributed by atoms with van der Waals surface area (Å²) in [6, 6.07) is 18.2. The summed E-state index contributed by atoms with van der Waals surface area (Å²) in [7, 11) is 0. The van der Waals surface area contributed by atoms with E-state index in [0.29, 0.717) is 12.2 Å².